The number of amides is 1. The number of nitrogens with one attached hydrogen (secondary N) is 1. The topological polar surface area (TPSA) is 127 Å². The molecule has 0 atom stereocenters. The molecule has 1 amide bonds. The average Bonchev–Trinajstić information content (AvgIpc) is 2.78. The fourth-order valence-electron chi connectivity index (χ4n) is 3.47. The van der Waals surface area contributed by atoms with Gasteiger partial charge in [0, 0.05) is 18.5 Å². The second-order valence-electron chi connectivity index (χ2n) is 7.04. The number of para-hydroxylation sites is 1. The summed E-state index contributed by atoms with van der Waals surface area (Å²) >= 11 is 0. The highest BCUT2D eigenvalue weighted by atomic mass is 16.5. The van der Waals surface area contributed by atoms with E-state index in [1.165, 1.54) is 18.8 Å². The smallest absolute Gasteiger partial charge is 0.305 e. The summed E-state index contributed by atoms with van der Waals surface area (Å²) in [5.41, 5.74) is 0.0788. The van der Waals surface area contributed by atoms with Gasteiger partial charge in [0.2, 0.25) is 0 Å². The van der Waals surface area contributed by atoms with Gasteiger partial charge in [-0.2, -0.15) is 0 Å². The molecule has 168 valence electrons. The SMILES string of the molecule is COc1ccc(CCNC(=O)c2c(O)c3ccccc3n(CCC(=O)O)c2=O)cc1OC. The van der Waals surface area contributed by atoms with E-state index in [0.29, 0.717) is 28.8 Å². The number of rotatable bonds is 9. The van der Waals surface area contributed by atoms with E-state index >= 15 is 0 Å². The number of hydrogen-bond acceptors (Lipinski definition) is 6. The summed E-state index contributed by atoms with van der Waals surface area (Å²) in [6, 6.07) is 11.9. The number of fused-ring (bicyclic) bond motifs is 1. The molecule has 32 heavy (non-hydrogen) atoms. The van der Waals surface area contributed by atoms with Crippen molar-refractivity contribution in [2.75, 3.05) is 20.8 Å². The second kappa shape index (κ2) is 9.86. The summed E-state index contributed by atoms with van der Waals surface area (Å²) in [5, 5.41) is 22.6. The Bertz CT molecular complexity index is 1220. The second-order valence-corrected chi connectivity index (χ2v) is 7.04. The first-order valence-electron chi connectivity index (χ1n) is 9.92. The van der Waals surface area contributed by atoms with E-state index in [0.717, 1.165) is 5.56 Å². The number of aromatic nitrogens is 1. The van der Waals surface area contributed by atoms with Crippen molar-refractivity contribution in [2.45, 2.75) is 19.4 Å². The number of aromatic hydroxyl groups is 1. The standard InChI is InChI=1S/C23H24N2O7/c1-31-17-8-7-14(13-18(17)32-2)9-11-24-22(29)20-21(28)15-5-3-4-6-16(15)25(23(20)30)12-10-19(26)27/h3-8,13,28H,9-12H2,1-2H3,(H,24,29)(H,26,27). The molecule has 0 unspecified atom stereocenters. The Kier molecular flexibility index (Phi) is 6.99. The van der Waals surface area contributed by atoms with Gasteiger partial charge in [0.05, 0.1) is 26.2 Å². The molecular weight excluding hydrogens is 416 g/mol. The third-order valence-electron chi connectivity index (χ3n) is 5.07. The number of carbonyl (C=O) groups is 2. The van der Waals surface area contributed by atoms with Gasteiger partial charge in [-0.3, -0.25) is 14.4 Å². The molecule has 3 rings (SSSR count). The van der Waals surface area contributed by atoms with Crippen molar-refractivity contribution in [1.82, 2.24) is 9.88 Å². The van der Waals surface area contributed by atoms with Crippen molar-refractivity contribution in [3.63, 3.8) is 0 Å². The molecule has 9 nitrogen and oxygen atoms in total. The first-order chi connectivity index (χ1) is 15.4. The van der Waals surface area contributed by atoms with Gasteiger partial charge in [0.1, 0.15) is 11.3 Å². The lowest BCUT2D eigenvalue weighted by atomic mass is 10.1. The lowest BCUT2D eigenvalue weighted by Crippen LogP contribution is -2.34. The molecule has 1 aromatic heterocycles. The summed E-state index contributed by atoms with van der Waals surface area (Å²) in [4.78, 5) is 36.8. The van der Waals surface area contributed by atoms with Gasteiger partial charge in [0.25, 0.3) is 11.5 Å². The number of pyridine rings is 1. The zero-order valence-electron chi connectivity index (χ0n) is 17.8. The highest BCUT2D eigenvalue weighted by molar-refractivity contribution is 6.02. The summed E-state index contributed by atoms with van der Waals surface area (Å²) in [6.07, 6.45) is 0.155. The van der Waals surface area contributed by atoms with Crippen molar-refractivity contribution < 1.29 is 29.3 Å². The van der Waals surface area contributed by atoms with Gasteiger partial charge in [-0.1, -0.05) is 18.2 Å². The number of hydrogen-bond donors (Lipinski definition) is 3. The van der Waals surface area contributed by atoms with E-state index in [-0.39, 0.29) is 19.5 Å². The Balaban J connectivity index is 1.85. The molecule has 0 radical (unpaired) electrons. The largest absolute Gasteiger partial charge is 0.506 e. The molecule has 1 heterocycles. The molecule has 3 aromatic rings. The predicted octanol–water partition coefficient (Wildman–Crippen LogP) is 2.17. The van der Waals surface area contributed by atoms with E-state index in [2.05, 4.69) is 5.32 Å². The fourth-order valence-corrected chi connectivity index (χ4v) is 3.47. The maximum Gasteiger partial charge on any atom is 0.305 e. The molecule has 0 aliphatic carbocycles. The minimum absolute atomic E-state index is 0.124. The van der Waals surface area contributed by atoms with E-state index in [1.807, 2.05) is 6.07 Å². The fraction of sp³-hybridized carbons (Fsp3) is 0.261. The van der Waals surface area contributed by atoms with Crippen LogP contribution >= 0.6 is 0 Å². The molecule has 0 fully saturated rings. The molecule has 0 bridgehead atoms. The molecule has 0 saturated carbocycles. The first kappa shape index (κ1) is 22.7. The number of aliphatic carboxylic acids is 1. The minimum atomic E-state index is -1.07. The molecule has 0 spiro atoms. The summed E-state index contributed by atoms with van der Waals surface area (Å²) in [7, 11) is 3.07. The van der Waals surface area contributed by atoms with Crippen LogP contribution in [0.25, 0.3) is 10.9 Å². The molecule has 0 aliphatic rings. The van der Waals surface area contributed by atoms with Crippen LogP contribution in [0.3, 0.4) is 0 Å². The maximum atomic E-state index is 13.0. The summed E-state index contributed by atoms with van der Waals surface area (Å²) < 4.78 is 11.7. The van der Waals surface area contributed by atoms with Crippen molar-refractivity contribution in [1.29, 1.82) is 0 Å². The van der Waals surface area contributed by atoms with Gasteiger partial charge < -0.3 is 29.6 Å². The zero-order valence-corrected chi connectivity index (χ0v) is 17.8. The van der Waals surface area contributed by atoms with Gasteiger partial charge in [-0.25, -0.2) is 0 Å². The lowest BCUT2D eigenvalue weighted by molar-refractivity contribution is -0.137. The van der Waals surface area contributed by atoms with Crippen LogP contribution in [0.1, 0.15) is 22.3 Å². The minimum Gasteiger partial charge on any atom is -0.506 e. The Labute approximate surface area is 183 Å². The molecule has 0 saturated heterocycles. The number of carbonyl (C=O) groups excluding carboxylic acids is 1. The van der Waals surface area contributed by atoms with Gasteiger partial charge in [0.15, 0.2) is 11.5 Å². The van der Waals surface area contributed by atoms with Crippen LogP contribution in [-0.4, -0.2) is 47.4 Å². The predicted molar refractivity (Wildman–Crippen MR) is 118 cm³/mol. The van der Waals surface area contributed by atoms with Gasteiger partial charge in [-0.05, 0) is 36.2 Å². The van der Waals surface area contributed by atoms with Crippen LogP contribution in [-0.2, 0) is 17.8 Å². The van der Waals surface area contributed by atoms with Crippen LogP contribution in [0.2, 0.25) is 0 Å². The summed E-state index contributed by atoms with van der Waals surface area (Å²) in [5.74, 6) is -1.09. The number of methoxy groups -OCH3 is 2. The van der Waals surface area contributed by atoms with Crippen LogP contribution < -0.4 is 20.3 Å². The number of carboxylic acids is 1. The number of nitrogens with zero attached hydrogens (tertiary/aromatic N) is 1. The maximum absolute atomic E-state index is 13.0. The van der Waals surface area contributed by atoms with E-state index < -0.39 is 28.7 Å². The van der Waals surface area contributed by atoms with Crippen molar-refractivity contribution in [3.05, 3.63) is 63.9 Å². The number of ether oxygens (including phenoxy) is 2. The number of aryl methyl sites for hydroxylation is 1. The van der Waals surface area contributed by atoms with Crippen LogP contribution in [0.4, 0.5) is 0 Å². The highest BCUT2D eigenvalue weighted by Gasteiger charge is 2.22. The molecule has 9 heteroatoms. The Morgan fingerprint density at radius 1 is 1.06 bits per heavy atom. The first-order valence-corrected chi connectivity index (χ1v) is 9.92. The monoisotopic (exact) mass is 440 g/mol. The zero-order chi connectivity index (χ0) is 23.3. The molecule has 0 aliphatic heterocycles. The van der Waals surface area contributed by atoms with Crippen molar-refractivity contribution in [3.8, 4) is 17.2 Å². The van der Waals surface area contributed by atoms with E-state index in [9.17, 15) is 19.5 Å². The van der Waals surface area contributed by atoms with Gasteiger partial charge in [-0.15, -0.1) is 0 Å². The van der Waals surface area contributed by atoms with Crippen LogP contribution in [0.15, 0.2) is 47.3 Å². The quantitative estimate of drug-likeness (QED) is 0.465. The third kappa shape index (κ3) is 4.66. The normalized spacial score (nSPS) is 10.7. The van der Waals surface area contributed by atoms with Crippen LogP contribution in [0, 0.1) is 0 Å². The number of carboxylic acid groups (broad SMARTS) is 1. The number of benzene rings is 2. The Morgan fingerprint density at radius 2 is 1.78 bits per heavy atom. The Hall–Kier alpha value is -4.01. The van der Waals surface area contributed by atoms with E-state index in [1.54, 1.807) is 36.4 Å². The molecule has 2 aromatic carbocycles. The lowest BCUT2D eigenvalue weighted by Gasteiger charge is -2.14. The third-order valence-corrected chi connectivity index (χ3v) is 5.07. The van der Waals surface area contributed by atoms with Crippen molar-refractivity contribution in [2.24, 2.45) is 0 Å². The van der Waals surface area contributed by atoms with Crippen molar-refractivity contribution >= 4 is 22.8 Å². The van der Waals surface area contributed by atoms with Crippen LogP contribution in [0.5, 0.6) is 17.2 Å². The average molecular weight is 440 g/mol. The molecular formula is C23H24N2O7. The summed E-state index contributed by atoms with van der Waals surface area (Å²) in [6.45, 7) is 0.0794. The Morgan fingerprint density at radius 3 is 2.47 bits per heavy atom. The molecule has 3 N–H and O–H groups in total. The van der Waals surface area contributed by atoms with Gasteiger partial charge >= 0.3 is 5.97 Å². The van der Waals surface area contributed by atoms with E-state index in [4.69, 9.17) is 14.6 Å². The highest BCUT2D eigenvalue weighted by Crippen LogP contribution is 2.28.